The Kier molecular flexibility index (Phi) is 2.89. The van der Waals surface area contributed by atoms with Gasteiger partial charge in [-0.1, -0.05) is 0 Å². The number of anilines is 1. The van der Waals surface area contributed by atoms with E-state index in [4.69, 9.17) is 11.3 Å². The van der Waals surface area contributed by atoms with Crippen LogP contribution < -0.4 is 5.73 Å². The molecule has 2 rings (SSSR count). The minimum absolute atomic E-state index is 0.240. The Morgan fingerprint density at radius 3 is 2.61 bits per heavy atom. The van der Waals surface area contributed by atoms with Crippen molar-refractivity contribution in [2.75, 3.05) is 5.73 Å². The molecule has 3 N–H and O–H groups in total. The second kappa shape index (κ2) is 4.37. The Labute approximate surface area is 104 Å². The first-order chi connectivity index (χ1) is 8.52. The summed E-state index contributed by atoms with van der Waals surface area (Å²) in [6.07, 6.45) is 3.72. The highest BCUT2D eigenvalue weighted by atomic mass is 16.1. The number of carbonyl (C=O) groups excluding carboxylic acids is 2. The van der Waals surface area contributed by atoms with Crippen LogP contribution in [0.4, 0.5) is 11.4 Å². The lowest BCUT2D eigenvalue weighted by Gasteiger charge is -2.12. The first kappa shape index (κ1) is 11.9. The number of nitrogens with zero attached hydrogens (tertiary/aromatic N) is 1. The summed E-state index contributed by atoms with van der Waals surface area (Å²) in [7, 11) is 0. The molecule has 0 aliphatic heterocycles. The Morgan fingerprint density at radius 2 is 1.94 bits per heavy atom. The lowest BCUT2D eigenvalue weighted by molar-refractivity contribution is -0.113. The van der Waals surface area contributed by atoms with Crippen LogP contribution in [-0.4, -0.2) is 11.6 Å². The molecule has 0 bridgehead atoms. The molecule has 1 aromatic carbocycles. The van der Waals surface area contributed by atoms with Crippen LogP contribution in [0.3, 0.4) is 0 Å². The molecule has 90 valence electrons. The fourth-order valence-corrected chi connectivity index (χ4v) is 1.79. The Morgan fingerprint density at radius 1 is 1.22 bits per heavy atom. The lowest BCUT2D eigenvalue weighted by atomic mass is 9.93. The quantitative estimate of drug-likeness (QED) is 0.472. The molecular formula is C13H11N3O2. The number of allylic oxidation sites excluding steroid dienone is 4. The molecule has 0 saturated carbocycles. The normalized spacial score (nSPS) is 14.6. The van der Waals surface area contributed by atoms with E-state index in [0.29, 0.717) is 16.9 Å². The van der Waals surface area contributed by atoms with Crippen molar-refractivity contribution < 1.29 is 9.59 Å². The van der Waals surface area contributed by atoms with Crippen LogP contribution in [0, 0.1) is 12.5 Å². The molecule has 0 atom stereocenters. The Bertz CT molecular complexity index is 627. The van der Waals surface area contributed by atoms with Crippen molar-refractivity contribution in [2.24, 2.45) is 5.11 Å². The van der Waals surface area contributed by atoms with E-state index in [1.54, 1.807) is 13.0 Å². The maximum absolute atomic E-state index is 11.7. The summed E-state index contributed by atoms with van der Waals surface area (Å²) in [6, 6.07) is 3.19. The van der Waals surface area contributed by atoms with Crippen LogP contribution in [-0.2, 0) is 9.59 Å². The molecular weight excluding hydrogens is 230 g/mol. The molecule has 1 aliphatic carbocycles. The van der Waals surface area contributed by atoms with Crippen LogP contribution in [0.15, 0.2) is 35.5 Å². The summed E-state index contributed by atoms with van der Waals surface area (Å²) in [4.78, 5) is 23.0. The second-order valence-corrected chi connectivity index (χ2v) is 4.00. The van der Waals surface area contributed by atoms with Gasteiger partial charge in [0.15, 0.2) is 11.6 Å². The van der Waals surface area contributed by atoms with Gasteiger partial charge in [-0.25, -0.2) is 5.53 Å². The van der Waals surface area contributed by atoms with Crippen LogP contribution in [0.2, 0.25) is 0 Å². The summed E-state index contributed by atoms with van der Waals surface area (Å²) in [5.41, 5.74) is 15.1. The van der Waals surface area contributed by atoms with E-state index in [-0.39, 0.29) is 17.1 Å². The van der Waals surface area contributed by atoms with Crippen LogP contribution in [0.5, 0.6) is 0 Å². The molecule has 0 fully saturated rings. The highest BCUT2D eigenvalue weighted by Gasteiger charge is 2.18. The largest absolute Gasteiger partial charge is 0.398 e. The van der Waals surface area contributed by atoms with Gasteiger partial charge < -0.3 is 5.73 Å². The minimum Gasteiger partial charge on any atom is -0.398 e. The maximum atomic E-state index is 11.7. The van der Waals surface area contributed by atoms with Crippen molar-refractivity contribution in [1.82, 2.24) is 0 Å². The van der Waals surface area contributed by atoms with Crippen LogP contribution >= 0.6 is 0 Å². The predicted octanol–water partition coefficient (Wildman–Crippen LogP) is 2.33. The fourth-order valence-electron chi connectivity index (χ4n) is 1.79. The zero-order chi connectivity index (χ0) is 13.3. The highest BCUT2D eigenvalue weighted by molar-refractivity contribution is 6.34. The first-order valence-corrected chi connectivity index (χ1v) is 5.29. The van der Waals surface area contributed by atoms with Gasteiger partial charge in [0.2, 0.25) is 0 Å². The smallest absolute Gasteiger partial charge is 0.186 e. The van der Waals surface area contributed by atoms with Crippen molar-refractivity contribution in [1.29, 1.82) is 5.53 Å². The zero-order valence-corrected chi connectivity index (χ0v) is 9.73. The molecule has 0 spiro atoms. The molecule has 0 saturated heterocycles. The monoisotopic (exact) mass is 241 g/mol. The number of nitrogens with one attached hydrogen (secondary N) is 1. The number of rotatable bonds is 2. The molecule has 0 aromatic heterocycles. The molecule has 1 aromatic rings. The fraction of sp³-hybridized carbons (Fsp3) is 0.0769. The van der Waals surface area contributed by atoms with Crippen molar-refractivity contribution in [3.8, 4) is 0 Å². The van der Waals surface area contributed by atoms with E-state index in [1.165, 1.54) is 24.3 Å². The van der Waals surface area contributed by atoms with Crippen LogP contribution in [0.1, 0.15) is 11.1 Å². The summed E-state index contributed by atoms with van der Waals surface area (Å²) in [6.45, 7) is 1.77. The molecule has 18 heavy (non-hydrogen) atoms. The average molecular weight is 241 g/mol. The van der Waals surface area contributed by atoms with Gasteiger partial charge in [0.1, 0.15) is 0 Å². The predicted molar refractivity (Wildman–Crippen MR) is 67.5 cm³/mol. The second-order valence-electron chi connectivity index (χ2n) is 4.00. The van der Waals surface area contributed by atoms with Crippen molar-refractivity contribution >= 4 is 28.5 Å². The molecule has 0 heterocycles. The molecule has 5 heteroatoms. The average Bonchev–Trinajstić information content (AvgIpc) is 2.35. The van der Waals surface area contributed by atoms with Crippen LogP contribution in [0.25, 0.3) is 5.57 Å². The minimum atomic E-state index is -0.253. The summed E-state index contributed by atoms with van der Waals surface area (Å²) >= 11 is 0. The van der Waals surface area contributed by atoms with Gasteiger partial charge in [-0.05, 0) is 42.8 Å². The number of hydrogen-bond acceptors (Lipinski definition) is 5. The topological polar surface area (TPSA) is 96.4 Å². The summed E-state index contributed by atoms with van der Waals surface area (Å²) in [5.74, 6) is -0.493. The Balaban J connectivity index is 2.59. The molecule has 0 amide bonds. The van der Waals surface area contributed by atoms with Gasteiger partial charge in [0.05, 0.1) is 5.69 Å². The van der Waals surface area contributed by atoms with E-state index < -0.39 is 0 Å². The first-order valence-electron chi connectivity index (χ1n) is 5.29. The van der Waals surface area contributed by atoms with Crippen molar-refractivity contribution in [3.05, 3.63) is 41.5 Å². The highest BCUT2D eigenvalue weighted by Crippen LogP contribution is 2.31. The number of hydrogen-bond donors (Lipinski definition) is 2. The number of ketones is 2. The van der Waals surface area contributed by atoms with E-state index in [2.05, 4.69) is 5.11 Å². The third-order valence-corrected chi connectivity index (χ3v) is 2.73. The summed E-state index contributed by atoms with van der Waals surface area (Å²) in [5, 5.41) is 3.34. The van der Waals surface area contributed by atoms with Gasteiger partial charge in [-0.15, -0.1) is 0 Å². The van der Waals surface area contributed by atoms with E-state index >= 15 is 0 Å². The summed E-state index contributed by atoms with van der Waals surface area (Å²) < 4.78 is 0. The molecule has 1 aliphatic rings. The van der Waals surface area contributed by atoms with Gasteiger partial charge in [0, 0.05) is 16.8 Å². The molecule has 0 unspecified atom stereocenters. The van der Waals surface area contributed by atoms with Gasteiger partial charge in [0.25, 0.3) is 0 Å². The number of carbonyl (C=O) groups is 2. The number of benzene rings is 1. The van der Waals surface area contributed by atoms with E-state index in [1.807, 2.05) is 0 Å². The molecule has 5 nitrogen and oxygen atoms in total. The van der Waals surface area contributed by atoms with Gasteiger partial charge in [-0.3, -0.25) is 9.59 Å². The van der Waals surface area contributed by atoms with Gasteiger partial charge in [-0.2, -0.15) is 5.11 Å². The van der Waals surface area contributed by atoms with Crippen molar-refractivity contribution in [2.45, 2.75) is 6.92 Å². The number of nitrogens with two attached hydrogens (primary N) is 1. The lowest BCUT2D eigenvalue weighted by Crippen LogP contribution is -2.08. The number of nitrogen functional groups attached to an aromatic ring is 1. The standard InChI is InChI=1S/C13H11N3O2/c1-7-4-9(11(14)6-12(7)16-15)10-5-8(17)2-3-13(10)18/h2-6,15H,14H2,1H3. The van der Waals surface area contributed by atoms with Gasteiger partial charge >= 0.3 is 0 Å². The molecule has 0 radical (unpaired) electrons. The number of aryl methyl sites for hydroxylation is 1. The zero-order valence-electron chi connectivity index (χ0n) is 9.73. The van der Waals surface area contributed by atoms with Crippen molar-refractivity contribution in [3.63, 3.8) is 0 Å². The van der Waals surface area contributed by atoms with E-state index in [0.717, 1.165) is 5.56 Å². The van der Waals surface area contributed by atoms with E-state index in [9.17, 15) is 9.59 Å². The Hall–Kier alpha value is -2.56. The maximum Gasteiger partial charge on any atom is 0.186 e. The SMILES string of the molecule is Cc1cc(C2=CC(=O)C=CC2=O)c(N)cc1N=N. The third kappa shape index (κ3) is 1.98. The third-order valence-electron chi connectivity index (χ3n) is 2.73.